The summed E-state index contributed by atoms with van der Waals surface area (Å²) in [4.78, 5) is 19.0. The van der Waals surface area contributed by atoms with Gasteiger partial charge in [0.25, 0.3) is 0 Å². The summed E-state index contributed by atoms with van der Waals surface area (Å²) in [5.41, 5.74) is 1.90. The summed E-state index contributed by atoms with van der Waals surface area (Å²) in [6.45, 7) is 5.34. The van der Waals surface area contributed by atoms with Gasteiger partial charge in [-0.15, -0.1) is 0 Å². The monoisotopic (exact) mass is 358 g/mol. The maximum atomic E-state index is 13.0. The average molecular weight is 358 g/mol. The Labute approximate surface area is 150 Å². The Kier molecular flexibility index (Phi) is 6.77. The summed E-state index contributed by atoms with van der Waals surface area (Å²) in [6.07, 6.45) is 1.48. The molecule has 0 fully saturated rings. The number of rotatable bonds is 4. The Bertz CT molecular complexity index is 831. The van der Waals surface area contributed by atoms with Crippen molar-refractivity contribution in [3.63, 3.8) is 0 Å². The molecular weight excluding hydrogens is 339 g/mol. The van der Waals surface area contributed by atoms with Gasteiger partial charge in [-0.05, 0) is 35.4 Å². The highest BCUT2D eigenvalue weighted by atomic mass is 32.2. The number of ether oxygens (including phenoxy) is 1. The minimum atomic E-state index is -0.406. The fraction of sp³-hybridized carbons (Fsp3) is 0.158. The summed E-state index contributed by atoms with van der Waals surface area (Å²) >= 11 is 1.38. The molecule has 2 aromatic carbocycles. The first-order valence-corrected chi connectivity index (χ1v) is 8.69. The number of H-pyrrole nitrogens is 1. The number of esters is 1. The second-order valence-electron chi connectivity index (χ2n) is 4.77. The number of hydrogen-bond donors (Lipinski definition) is 1. The Balaban J connectivity index is 0.00000109. The maximum absolute atomic E-state index is 13.0. The molecule has 3 rings (SSSR count). The highest BCUT2D eigenvalue weighted by Crippen LogP contribution is 2.34. The van der Waals surface area contributed by atoms with Gasteiger partial charge in [0.05, 0.1) is 6.33 Å². The Morgan fingerprint density at radius 1 is 1.12 bits per heavy atom. The van der Waals surface area contributed by atoms with Crippen LogP contribution >= 0.6 is 11.8 Å². The zero-order valence-corrected chi connectivity index (χ0v) is 15.1. The summed E-state index contributed by atoms with van der Waals surface area (Å²) in [5, 5.41) is 0.580. The van der Waals surface area contributed by atoms with Gasteiger partial charge >= 0.3 is 5.97 Å². The minimum Gasteiger partial charge on any atom is -0.407 e. The zero-order chi connectivity index (χ0) is 18.2. The third-order valence-corrected chi connectivity index (χ3v) is 4.02. The Morgan fingerprint density at radius 2 is 1.84 bits per heavy atom. The Hall–Kier alpha value is -2.60. The molecule has 0 amide bonds. The highest BCUT2D eigenvalue weighted by molar-refractivity contribution is 7.99. The van der Waals surface area contributed by atoms with E-state index in [4.69, 9.17) is 4.74 Å². The lowest BCUT2D eigenvalue weighted by molar-refractivity contribution is -0.132. The zero-order valence-electron chi connectivity index (χ0n) is 14.2. The van der Waals surface area contributed by atoms with E-state index < -0.39 is 5.97 Å². The van der Waals surface area contributed by atoms with Gasteiger partial charge in [0.1, 0.15) is 5.82 Å². The molecule has 0 aliphatic rings. The number of nitrogens with one attached hydrogen (secondary N) is 1. The smallest absolute Gasteiger partial charge is 0.309 e. The maximum Gasteiger partial charge on any atom is 0.309 e. The van der Waals surface area contributed by atoms with Crippen LogP contribution in [-0.2, 0) is 4.79 Å². The van der Waals surface area contributed by atoms with E-state index in [2.05, 4.69) is 9.97 Å². The standard InChI is InChI=1S/C17H13FN2O2S.C2H6/c1-11(21)22-16-17(20-10-19-16)23-15-4-2-3-13(9-15)12-5-7-14(18)8-6-12;1-2/h2-10H,1H3,(H,19,20);1-2H3. The van der Waals surface area contributed by atoms with Gasteiger partial charge in [0.15, 0.2) is 5.03 Å². The van der Waals surface area contributed by atoms with Gasteiger partial charge < -0.3 is 9.72 Å². The molecule has 0 saturated heterocycles. The molecule has 0 saturated carbocycles. The number of aromatic amines is 1. The predicted molar refractivity (Wildman–Crippen MR) is 97.2 cm³/mol. The second-order valence-corrected chi connectivity index (χ2v) is 5.83. The number of benzene rings is 2. The van der Waals surface area contributed by atoms with Crippen molar-refractivity contribution in [1.82, 2.24) is 9.97 Å². The molecule has 0 aliphatic heterocycles. The molecule has 25 heavy (non-hydrogen) atoms. The Morgan fingerprint density at radius 3 is 2.52 bits per heavy atom. The molecule has 6 heteroatoms. The van der Waals surface area contributed by atoms with E-state index in [0.29, 0.717) is 10.9 Å². The van der Waals surface area contributed by atoms with E-state index in [1.54, 1.807) is 12.1 Å². The van der Waals surface area contributed by atoms with Crippen molar-refractivity contribution in [1.29, 1.82) is 0 Å². The van der Waals surface area contributed by atoms with E-state index >= 15 is 0 Å². The van der Waals surface area contributed by atoms with E-state index in [1.165, 1.54) is 37.1 Å². The molecule has 0 atom stereocenters. The topological polar surface area (TPSA) is 55.0 Å². The second kappa shape index (κ2) is 9.03. The van der Waals surface area contributed by atoms with Crippen molar-refractivity contribution >= 4 is 17.7 Å². The van der Waals surface area contributed by atoms with Crippen molar-refractivity contribution in [2.75, 3.05) is 0 Å². The van der Waals surface area contributed by atoms with E-state index in [9.17, 15) is 9.18 Å². The number of halogens is 1. The van der Waals surface area contributed by atoms with Crippen LogP contribution in [-0.4, -0.2) is 15.9 Å². The predicted octanol–water partition coefficient (Wildman–Crippen LogP) is 5.32. The third-order valence-electron chi connectivity index (χ3n) is 3.04. The van der Waals surface area contributed by atoms with Crippen LogP contribution < -0.4 is 4.74 Å². The lowest BCUT2D eigenvalue weighted by Gasteiger charge is -2.05. The van der Waals surface area contributed by atoms with Crippen molar-refractivity contribution in [3.8, 4) is 17.0 Å². The van der Waals surface area contributed by atoms with Crippen molar-refractivity contribution in [2.45, 2.75) is 30.7 Å². The molecule has 0 bridgehead atoms. The van der Waals surface area contributed by atoms with E-state index in [-0.39, 0.29) is 5.82 Å². The van der Waals surface area contributed by atoms with Gasteiger partial charge in [0.2, 0.25) is 5.88 Å². The van der Waals surface area contributed by atoms with Gasteiger partial charge in [-0.25, -0.2) is 9.37 Å². The largest absolute Gasteiger partial charge is 0.407 e. The molecule has 0 radical (unpaired) electrons. The van der Waals surface area contributed by atoms with Crippen molar-refractivity contribution in [2.24, 2.45) is 0 Å². The van der Waals surface area contributed by atoms with Crippen LogP contribution in [0, 0.1) is 5.82 Å². The molecule has 0 aliphatic carbocycles. The lowest BCUT2D eigenvalue weighted by atomic mass is 10.1. The van der Waals surface area contributed by atoms with Gasteiger partial charge in [-0.3, -0.25) is 4.79 Å². The van der Waals surface area contributed by atoms with Crippen LogP contribution in [0.3, 0.4) is 0 Å². The molecule has 1 aromatic heterocycles. The van der Waals surface area contributed by atoms with Gasteiger partial charge in [-0.1, -0.05) is 49.9 Å². The van der Waals surface area contributed by atoms with Crippen LogP contribution in [0.1, 0.15) is 20.8 Å². The number of aromatic nitrogens is 2. The van der Waals surface area contributed by atoms with E-state index in [0.717, 1.165) is 16.0 Å². The fourth-order valence-corrected chi connectivity index (χ4v) is 2.91. The quantitative estimate of drug-likeness (QED) is 0.642. The molecule has 3 aromatic rings. The molecule has 1 N–H and O–H groups in total. The number of carbonyl (C=O) groups is 1. The van der Waals surface area contributed by atoms with Crippen LogP contribution in [0.15, 0.2) is 64.8 Å². The summed E-state index contributed by atoms with van der Waals surface area (Å²) in [5.74, 6) is -0.340. The number of imidazole rings is 1. The molecule has 0 spiro atoms. The summed E-state index contributed by atoms with van der Waals surface area (Å²) in [7, 11) is 0. The lowest BCUT2D eigenvalue weighted by Crippen LogP contribution is -2.02. The molecule has 0 unspecified atom stereocenters. The first kappa shape index (κ1) is 18.7. The highest BCUT2D eigenvalue weighted by Gasteiger charge is 2.11. The van der Waals surface area contributed by atoms with Gasteiger partial charge in [0, 0.05) is 11.8 Å². The van der Waals surface area contributed by atoms with Crippen LogP contribution in [0.2, 0.25) is 0 Å². The first-order chi connectivity index (χ1) is 12.1. The molecule has 130 valence electrons. The number of carbonyl (C=O) groups excluding carboxylic acids is 1. The molecule has 4 nitrogen and oxygen atoms in total. The van der Waals surface area contributed by atoms with Crippen molar-refractivity contribution < 1.29 is 13.9 Å². The summed E-state index contributed by atoms with van der Waals surface area (Å²) < 4.78 is 18.1. The van der Waals surface area contributed by atoms with Crippen LogP contribution in [0.5, 0.6) is 5.88 Å². The fourth-order valence-electron chi connectivity index (χ4n) is 2.05. The molecular formula is C19H19FN2O2S. The number of nitrogens with zero attached hydrogens (tertiary/aromatic N) is 1. The van der Waals surface area contributed by atoms with Crippen LogP contribution in [0.25, 0.3) is 11.1 Å². The SMILES string of the molecule is CC.CC(=O)Oc1[nH]cnc1Sc1cccc(-c2ccc(F)cc2)c1. The number of hydrogen-bond acceptors (Lipinski definition) is 4. The minimum absolute atomic E-state index is 0.262. The first-order valence-electron chi connectivity index (χ1n) is 7.87. The van der Waals surface area contributed by atoms with Gasteiger partial charge in [-0.2, -0.15) is 0 Å². The van der Waals surface area contributed by atoms with Crippen molar-refractivity contribution in [3.05, 3.63) is 60.7 Å². The normalized spacial score (nSPS) is 9.92. The van der Waals surface area contributed by atoms with E-state index in [1.807, 2.05) is 38.1 Å². The van der Waals surface area contributed by atoms with Crippen LogP contribution in [0.4, 0.5) is 4.39 Å². The third kappa shape index (κ3) is 5.19. The summed E-state index contributed by atoms with van der Waals surface area (Å²) in [6, 6.07) is 14.1. The molecule has 1 heterocycles. The average Bonchev–Trinajstić information content (AvgIpc) is 3.03.